The van der Waals surface area contributed by atoms with Crippen molar-refractivity contribution in [1.82, 2.24) is 9.36 Å². The maximum atomic E-state index is 12.7. The van der Waals surface area contributed by atoms with Gasteiger partial charge in [-0.25, -0.2) is 9.78 Å². The predicted molar refractivity (Wildman–Crippen MR) is 121 cm³/mol. The zero-order valence-corrected chi connectivity index (χ0v) is 19.3. The number of aryl methyl sites for hydroxylation is 1. The van der Waals surface area contributed by atoms with Gasteiger partial charge in [0.05, 0.1) is 11.3 Å². The van der Waals surface area contributed by atoms with E-state index >= 15 is 0 Å². The topological polar surface area (TPSA) is 72.3 Å². The monoisotopic (exact) mass is 494 g/mol. The lowest BCUT2D eigenvalue weighted by atomic mass is 10.0. The van der Waals surface area contributed by atoms with Gasteiger partial charge in [0.2, 0.25) is 5.60 Å². The van der Waals surface area contributed by atoms with Crippen LogP contribution in [0.15, 0.2) is 47.4 Å². The second-order valence-electron chi connectivity index (χ2n) is 7.91. The summed E-state index contributed by atoms with van der Waals surface area (Å²) < 4.78 is 48.4. The van der Waals surface area contributed by atoms with Gasteiger partial charge in [0.1, 0.15) is 10.8 Å². The van der Waals surface area contributed by atoms with Gasteiger partial charge in [-0.05, 0) is 80.0 Å². The molecular weight excluding hydrogens is 473 g/mol. The molecule has 0 radical (unpaired) electrons. The fourth-order valence-electron chi connectivity index (χ4n) is 3.73. The van der Waals surface area contributed by atoms with E-state index in [1.807, 2.05) is 19.1 Å². The number of aromatic nitrogens is 2. The minimum atomic E-state index is -4.38. The molecule has 1 saturated carbocycles. The summed E-state index contributed by atoms with van der Waals surface area (Å²) in [5.41, 5.74) is -0.453. The van der Waals surface area contributed by atoms with Gasteiger partial charge >= 0.3 is 12.1 Å². The van der Waals surface area contributed by atoms with E-state index in [0.29, 0.717) is 35.7 Å². The number of carboxylic acid groups (broad SMARTS) is 1. The van der Waals surface area contributed by atoms with Crippen LogP contribution in [0.3, 0.4) is 0 Å². The molecule has 10 heteroatoms. The van der Waals surface area contributed by atoms with Crippen molar-refractivity contribution in [3.05, 3.63) is 58.6 Å². The molecule has 1 aromatic heterocycles. The highest BCUT2D eigenvalue weighted by molar-refractivity contribution is 7.98. The quantitative estimate of drug-likeness (QED) is 0.373. The highest BCUT2D eigenvalue weighted by atomic mass is 32.2. The number of ether oxygens (including phenoxy) is 1. The van der Waals surface area contributed by atoms with Crippen LogP contribution < -0.4 is 4.74 Å². The number of thioether (sulfide) groups is 1. The predicted octanol–water partition coefficient (Wildman–Crippen LogP) is 6.60. The third-order valence-corrected chi connectivity index (χ3v) is 7.45. The number of carboxylic acids is 1. The van der Waals surface area contributed by atoms with Crippen LogP contribution in [-0.4, -0.2) is 26.0 Å². The Kier molecular flexibility index (Phi) is 6.67. The van der Waals surface area contributed by atoms with E-state index in [-0.39, 0.29) is 0 Å². The van der Waals surface area contributed by atoms with Gasteiger partial charge in [-0.15, -0.1) is 11.8 Å². The molecule has 0 unspecified atom stereocenters. The van der Waals surface area contributed by atoms with Crippen molar-refractivity contribution >= 4 is 29.3 Å². The Morgan fingerprint density at radius 3 is 2.48 bits per heavy atom. The summed E-state index contributed by atoms with van der Waals surface area (Å²) in [4.78, 5) is 17.2. The van der Waals surface area contributed by atoms with E-state index in [9.17, 15) is 23.1 Å². The maximum absolute atomic E-state index is 12.7. The minimum Gasteiger partial charge on any atom is -0.478 e. The lowest BCUT2D eigenvalue weighted by Gasteiger charge is -2.26. The number of carbonyl (C=O) groups is 1. The smallest absolute Gasteiger partial charge is 0.416 e. The van der Waals surface area contributed by atoms with Gasteiger partial charge in [0.15, 0.2) is 5.82 Å². The van der Waals surface area contributed by atoms with Gasteiger partial charge in [-0.2, -0.15) is 17.5 Å². The van der Waals surface area contributed by atoms with Crippen LogP contribution >= 0.6 is 23.3 Å². The summed E-state index contributed by atoms with van der Waals surface area (Å²) in [6.45, 7) is 1.89. The summed E-state index contributed by atoms with van der Waals surface area (Å²) in [6.07, 6.45) is -1.67. The zero-order chi connectivity index (χ0) is 23.6. The number of alkyl halides is 3. The Labute approximate surface area is 197 Å². The molecule has 0 saturated heterocycles. The molecule has 33 heavy (non-hydrogen) atoms. The number of rotatable bonds is 7. The second-order valence-corrected chi connectivity index (χ2v) is 9.80. The average Bonchev–Trinajstić information content (AvgIpc) is 3.44. The van der Waals surface area contributed by atoms with Crippen molar-refractivity contribution in [3.8, 4) is 17.1 Å². The summed E-state index contributed by atoms with van der Waals surface area (Å²) in [7, 11) is 0. The molecule has 1 aliphatic rings. The Morgan fingerprint density at radius 1 is 1.18 bits per heavy atom. The first-order chi connectivity index (χ1) is 15.7. The van der Waals surface area contributed by atoms with Gasteiger partial charge < -0.3 is 9.84 Å². The van der Waals surface area contributed by atoms with Crippen molar-refractivity contribution in [3.63, 3.8) is 0 Å². The van der Waals surface area contributed by atoms with Crippen molar-refractivity contribution in [2.75, 3.05) is 0 Å². The molecule has 5 nitrogen and oxygen atoms in total. The number of hydrogen-bond donors (Lipinski definition) is 1. The first kappa shape index (κ1) is 23.6. The van der Waals surface area contributed by atoms with Crippen LogP contribution in [0.5, 0.6) is 5.75 Å². The standard InChI is InChI=1S/C23H21F3N2O3S2/c1-14-12-17(8-9-18(14)31-22(21(29)30)10-2-3-11-22)32-13-19-27-20(28-33-19)15-4-6-16(7-5-15)23(24,25)26/h4-9,12H,2-3,10-11,13H2,1H3,(H,29,30). The van der Waals surface area contributed by atoms with Crippen LogP contribution in [0, 0.1) is 6.92 Å². The maximum Gasteiger partial charge on any atom is 0.416 e. The average molecular weight is 495 g/mol. The fraction of sp³-hybridized carbons (Fsp3) is 0.348. The molecule has 0 spiro atoms. The normalized spacial score (nSPS) is 15.5. The summed E-state index contributed by atoms with van der Waals surface area (Å²) in [6, 6.07) is 10.4. The van der Waals surface area contributed by atoms with Gasteiger partial charge in [-0.3, -0.25) is 0 Å². The molecule has 0 atom stereocenters. The van der Waals surface area contributed by atoms with Gasteiger partial charge in [0, 0.05) is 10.5 Å². The largest absolute Gasteiger partial charge is 0.478 e. The summed E-state index contributed by atoms with van der Waals surface area (Å²) in [5.74, 6) is 0.610. The third-order valence-electron chi connectivity index (χ3n) is 5.55. The molecule has 174 valence electrons. The van der Waals surface area contributed by atoms with E-state index in [0.717, 1.165) is 40.4 Å². The molecule has 0 amide bonds. The van der Waals surface area contributed by atoms with Crippen LogP contribution in [-0.2, 0) is 16.7 Å². The molecular formula is C23H21F3N2O3S2. The Balaban J connectivity index is 1.39. The lowest BCUT2D eigenvalue weighted by molar-refractivity contribution is -0.154. The molecule has 1 fully saturated rings. The number of benzene rings is 2. The van der Waals surface area contributed by atoms with Crippen LogP contribution in [0.25, 0.3) is 11.4 Å². The Morgan fingerprint density at radius 2 is 1.88 bits per heavy atom. The van der Waals surface area contributed by atoms with Crippen LogP contribution in [0.2, 0.25) is 0 Å². The Bertz CT molecular complexity index is 1140. The van der Waals surface area contributed by atoms with E-state index in [1.54, 1.807) is 17.8 Å². The number of hydrogen-bond acceptors (Lipinski definition) is 6. The van der Waals surface area contributed by atoms with Gasteiger partial charge in [-0.1, -0.05) is 12.1 Å². The summed E-state index contributed by atoms with van der Waals surface area (Å²) in [5, 5.41) is 10.4. The van der Waals surface area contributed by atoms with Crippen molar-refractivity contribution in [2.45, 2.75) is 55.0 Å². The van der Waals surface area contributed by atoms with E-state index in [2.05, 4.69) is 9.36 Å². The molecule has 1 N–H and O–H groups in total. The SMILES string of the molecule is Cc1cc(SCc2nc(-c3ccc(C(F)(F)F)cc3)ns2)ccc1OC1(C(=O)O)CCCC1. The zero-order valence-electron chi connectivity index (χ0n) is 17.7. The minimum absolute atomic E-state index is 0.403. The summed E-state index contributed by atoms with van der Waals surface area (Å²) >= 11 is 2.76. The number of aliphatic carboxylic acids is 1. The number of nitrogens with zero attached hydrogens (tertiary/aromatic N) is 2. The first-order valence-corrected chi connectivity index (χ1v) is 12.1. The highest BCUT2D eigenvalue weighted by Crippen LogP contribution is 2.37. The van der Waals surface area contributed by atoms with Crippen molar-refractivity contribution in [1.29, 1.82) is 0 Å². The molecule has 0 aliphatic heterocycles. The van der Waals surface area contributed by atoms with Gasteiger partial charge in [0.25, 0.3) is 0 Å². The molecule has 1 aliphatic carbocycles. The molecule has 3 aromatic rings. The van der Waals surface area contributed by atoms with E-state index in [1.165, 1.54) is 23.7 Å². The van der Waals surface area contributed by atoms with Crippen molar-refractivity contribution < 1.29 is 27.8 Å². The lowest BCUT2D eigenvalue weighted by Crippen LogP contribution is -2.41. The third kappa shape index (κ3) is 5.33. The molecule has 2 aromatic carbocycles. The van der Waals surface area contributed by atoms with Crippen LogP contribution in [0.4, 0.5) is 13.2 Å². The Hall–Kier alpha value is -2.59. The molecule has 0 bridgehead atoms. The van der Waals surface area contributed by atoms with E-state index in [4.69, 9.17) is 4.74 Å². The molecule has 4 rings (SSSR count). The van der Waals surface area contributed by atoms with Crippen molar-refractivity contribution in [2.24, 2.45) is 0 Å². The highest BCUT2D eigenvalue weighted by Gasteiger charge is 2.44. The van der Waals surface area contributed by atoms with Crippen LogP contribution in [0.1, 0.15) is 41.8 Å². The molecule has 1 heterocycles. The number of halogens is 3. The second kappa shape index (κ2) is 9.34. The first-order valence-electron chi connectivity index (χ1n) is 10.3. The fourth-order valence-corrected chi connectivity index (χ4v) is 5.36. The van der Waals surface area contributed by atoms with E-state index < -0.39 is 23.3 Å².